The van der Waals surface area contributed by atoms with Crippen molar-refractivity contribution in [1.82, 2.24) is 4.57 Å². The minimum Gasteiger partial charge on any atom is -0.457 e. The lowest BCUT2D eigenvalue weighted by molar-refractivity contribution is 0.474. The van der Waals surface area contributed by atoms with Crippen molar-refractivity contribution < 1.29 is 9.15 Å². The molecule has 0 saturated carbocycles. The van der Waals surface area contributed by atoms with Gasteiger partial charge in [-0.2, -0.15) is 0 Å². The Morgan fingerprint density at radius 2 is 1.59 bits per heavy atom. The van der Waals surface area contributed by atoms with Gasteiger partial charge in [0.15, 0.2) is 0 Å². The number of fused-ring (bicyclic) bond motifs is 7. The summed E-state index contributed by atoms with van der Waals surface area (Å²) in [6.07, 6.45) is 19.0. The number of para-hydroxylation sites is 3. The molecule has 3 aliphatic rings. The van der Waals surface area contributed by atoms with Crippen LogP contribution in [0.2, 0.25) is 0 Å². The van der Waals surface area contributed by atoms with Crippen molar-refractivity contribution in [3.63, 3.8) is 0 Å². The van der Waals surface area contributed by atoms with Gasteiger partial charge in [0, 0.05) is 55.6 Å². The molecule has 0 radical (unpaired) electrons. The van der Waals surface area contributed by atoms with Crippen molar-refractivity contribution in [1.29, 1.82) is 0 Å². The first-order valence-electron chi connectivity index (χ1n) is 21.4. The molecule has 1 unspecified atom stereocenters. The van der Waals surface area contributed by atoms with Crippen LogP contribution >= 0.6 is 0 Å². The minimum absolute atomic E-state index is 0.279. The van der Waals surface area contributed by atoms with Gasteiger partial charge < -0.3 is 18.6 Å². The lowest BCUT2D eigenvalue weighted by atomic mass is 9.89. The predicted octanol–water partition coefficient (Wildman–Crippen LogP) is 15.6. The largest absolute Gasteiger partial charge is 0.457 e. The normalized spacial score (nSPS) is 16.1. The molecule has 61 heavy (non-hydrogen) atoms. The van der Waals surface area contributed by atoms with Crippen LogP contribution in [0, 0.1) is 20.8 Å². The van der Waals surface area contributed by atoms with E-state index >= 15 is 0 Å². The Morgan fingerprint density at radius 1 is 0.770 bits per heavy atom. The van der Waals surface area contributed by atoms with Crippen LogP contribution in [-0.2, 0) is 0 Å². The van der Waals surface area contributed by atoms with E-state index in [1.165, 1.54) is 61.5 Å². The SMILES string of the molecule is C=C/C(=C\c1c(C)n(C2=CCCC=C2)c2ccccc12)c1ccc2oc3c(C)c(Oc4ccc(C5=CCC6C(=C5)c5ccccc5N6c5ccccc5)cc4C)ccc3c2c1. The van der Waals surface area contributed by atoms with Gasteiger partial charge in [-0.25, -0.2) is 0 Å². The highest BCUT2D eigenvalue weighted by atomic mass is 16.5. The molecule has 2 aliphatic carbocycles. The summed E-state index contributed by atoms with van der Waals surface area (Å²) in [6, 6.07) is 45.7. The number of rotatable bonds is 8. The molecular weight excluding hydrogens is 745 g/mol. The van der Waals surface area contributed by atoms with Crippen LogP contribution < -0.4 is 9.64 Å². The van der Waals surface area contributed by atoms with Gasteiger partial charge in [-0.3, -0.25) is 0 Å². The number of anilines is 2. The molecule has 4 nitrogen and oxygen atoms in total. The smallest absolute Gasteiger partial charge is 0.142 e. The van der Waals surface area contributed by atoms with Crippen molar-refractivity contribution in [2.24, 2.45) is 0 Å². The Hall–Kier alpha value is -7.30. The number of aromatic nitrogens is 1. The first-order chi connectivity index (χ1) is 29.9. The molecule has 4 heteroatoms. The van der Waals surface area contributed by atoms with Crippen LogP contribution in [0.4, 0.5) is 11.4 Å². The van der Waals surface area contributed by atoms with E-state index in [-0.39, 0.29) is 6.04 Å². The third-order valence-corrected chi connectivity index (χ3v) is 12.9. The monoisotopic (exact) mass is 790 g/mol. The van der Waals surface area contributed by atoms with E-state index in [1.54, 1.807) is 0 Å². The highest BCUT2D eigenvalue weighted by molar-refractivity contribution is 6.09. The van der Waals surface area contributed by atoms with Crippen LogP contribution in [0.5, 0.6) is 11.5 Å². The zero-order valence-corrected chi connectivity index (χ0v) is 34.8. The number of ether oxygens (including phenoxy) is 1. The van der Waals surface area contributed by atoms with Gasteiger partial charge >= 0.3 is 0 Å². The van der Waals surface area contributed by atoms with Crippen molar-refractivity contribution in [3.8, 4) is 11.5 Å². The van der Waals surface area contributed by atoms with E-state index < -0.39 is 0 Å². The highest BCUT2D eigenvalue weighted by Gasteiger charge is 2.35. The molecule has 6 aromatic carbocycles. The maximum Gasteiger partial charge on any atom is 0.142 e. The number of benzene rings is 6. The second kappa shape index (κ2) is 14.8. The Morgan fingerprint density at radius 3 is 2.43 bits per heavy atom. The fourth-order valence-corrected chi connectivity index (χ4v) is 9.79. The maximum absolute atomic E-state index is 6.67. The van der Waals surface area contributed by atoms with Crippen LogP contribution in [0.15, 0.2) is 175 Å². The second-order valence-electron chi connectivity index (χ2n) is 16.5. The molecule has 1 atom stereocenters. The van der Waals surface area contributed by atoms with E-state index in [0.717, 1.165) is 75.0 Å². The first kappa shape index (κ1) is 36.8. The lowest BCUT2D eigenvalue weighted by Crippen LogP contribution is -2.27. The van der Waals surface area contributed by atoms with E-state index in [4.69, 9.17) is 9.15 Å². The zero-order valence-electron chi connectivity index (χ0n) is 34.8. The molecule has 0 amide bonds. The van der Waals surface area contributed by atoms with Crippen LogP contribution in [0.3, 0.4) is 0 Å². The topological polar surface area (TPSA) is 30.5 Å². The molecule has 0 saturated heterocycles. The van der Waals surface area contributed by atoms with Gasteiger partial charge in [0.1, 0.15) is 22.7 Å². The second-order valence-corrected chi connectivity index (χ2v) is 16.5. The summed E-state index contributed by atoms with van der Waals surface area (Å²) in [4.78, 5) is 2.49. The van der Waals surface area contributed by atoms with E-state index in [2.05, 4.69) is 201 Å². The number of hydrogen-bond acceptors (Lipinski definition) is 3. The van der Waals surface area contributed by atoms with Crippen molar-refractivity contribution in [3.05, 3.63) is 210 Å². The quantitative estimate of drug-likeness (QED) is 0.144. The Labute approximate surface area is 357 Å². The number of furan rings is 1. The summed E-state index contributed by atoms with van der Waals surface area (Å²) in [5.74, 6) is 1.62. The standard InChI is InChI=1S/C57H46N2O2/c1-5-39(33-48-38(4)58(43-16-8-6-9-17-43)51-22-14-12-20-45(48)51)41-26-30-56-50(35-41)47-27-31-55(37(3)57(47)61-56)60-54-29-25-40(32-36(54)2)42-24-28-53-49(34-42)46-21-13-15-23-52(46)59(53)44-18-10-7-11-19-44/h5,7-8,10-27,29-35,53H,1,6,9,28H2,2-4H3/b39-33+. The van der Waals surface area contributed by atoms with Crippen LogP contribution in [0.25, 0.3) is 61.3 Å². The van der Waals surface area contributed by atoms with Gasteiger partial charge in [-0.1, -0.05) is 97.6 Å². The Kier molecular flexibility index (Phi) is 8.89. The first-order valence-corrected chi connectivity index (χ1v) is 21.4. The number of allylic oxidation sites excluding steroid dienone is 8. The number of aryl methyl sites for hydroxylation is 2. The number of nitrogens with zero attached hydrogens (tertiary/aromatic N) is 2. The highest BCUT2D eigenvalue weighted by Crippen LogP contribution is 2.49. The summed E-state index contributed by atoms with van der Waals surface area (Å²) < 4.78 is 15.6. The van der Waals surface area contributed by atoms with Gasteiger partial charge in [0.2, 0.25) is 0 Å². The number of hydrogen-bond donors (Lipinski definition) is 0. The molecule has 2 aromatic heterocycles. The van der Waals surface area contributed by atoms with Gasteiger partial charge in [-0.05, 0) is 152 Å². The molecule has 0 fully saturated rings. The molecule has 0 N–H and O–H groups in total. The zero-order chi connectivity index (χ0) is 41.2. The van der Waals surface area contributed by atoms with Crippen molar-refractivity contribution >= 4 is 72.7 Å². The summed E-state index contributed by atoms with van der Waals surface area (Å²) >= 11 is 0. The van der Waals surface area contributed by atoms with E-state index in [1.807, 2.05) is 6.08 Å². The van der Waals surface area contributed by atoms with Crippen molar-refractivity contribution in [2.45, 2.75) is 46.1 Å². The van der Waals surface area contributed by atoms with E-state index in [0.29, 0.717) is 0 Å². The van der Waals surface area contributed by atoms with Crippen molar-refractivity contribution in [2.75, 3.05) is 4.90 Å². The molecule has 3 heterocycles. The molecule has 0 spiro atoms. The average Bonchev–Trinajstić information content (AvgIpc) is 3.94. The van der Waals surface area contributed by atoms with E-state index in [9.17, 15) is 0 Å². The maximum atomic E-state index is 6.67. The Bertz CT molecular complexity index is 3250. The third kappa shape index (κ3) is 6.13. The van der Waals surface area contributed by atoms with Gasteiger partial charge in [-0.15, -0.1) is 0 Å². The molecule has 0 bridgehead atoms. The molecule has 296 valence electrons. The predicted molar refractivity (Wildman–Crippen MR) is 256 cm³/mol. The van der Waals surface area contributed by atoms with Gasteiger partial charge in [0.05, 0.1) is 11.6 Å². The molecule has 11 rings (SSSR count). The molecule has 8 aromatic rings. The fraction of sp³-hybridized carbons (Fsp3) is 0.123. The van der Waals surface area contributed by atoms with Crippen LogP contribution in [-0.4, -0.2) is 10.6 Å². The summed E-state index contributed by atoms with van der Waals surface area (Å²) in [5.41, 5.74) is 18.4. The summed E-state index contributed by atoms with van der Waals surface area (Å²) in [5, 5.41) is 3.37. The average molecular weight is 791 g/mol. The lowest BCUT2D eigenvalue weighted by Gasteiger charge is -2.29. The van der Waals surface area contributed by atoms with Crippen LogP contribution in [0.1, 0.15) is 58.3 Å². The minimum atomic E-state index is 0.279. The molecule has 1 aliphatic heterocycles. The third-order valence-electron chi connectivity index (χ3n) is 12.9. The Balaban J connectivity index is 0.880. The fourth-order valence-electron chi connectivity index (χ4n) is 9.79. The molecular formula is C57H46N2O2. The summed E-state index contributed by atoms with van der Waals surface area (Å²) in [7, 11) is 0. The summed E-state index contributed by atoms with van der Waals surface area (Å²) in [6.45, 7) is 10.7. The van der Waals surface area contributed by atoms with Gasteiger partial charge in [0.25, 0.3) is 0 Å².